The Balaban J connectivity index is 1.70. The van der Waals surface area contributed by atoms with E-state index in [1.165, 1.54) is 44.1 Å². The van der Waals surface area contributed by atoms with Crippen LogP contribution in [0.15, 0.2) is 12.4 Å². The average molecular weight is 264 g/mol. The van der Waals surface area contributed by atoms with Crippen molar-refractivity contribution >= 4 is 0 Å². The van der Waals surface area contributed by atoms with Crippen LogP contribution in [0.3, 0.4) is 0 Å². The first kappa shape index (κ1) is 14.6. The smallest absolute Gasteiger partial charge is 0.0571 e. The van der Waals surface area contributed by atoms with E-state index in [4.69, 9.17) is 0 Å². The van der Waals surface area contributed by atoms with Crippen LogP contribution in [0.25, 0.3) is 0 Å². The zero-order chi connectivity index (χ0) is 13.7. The maximum Gasteiger partial charge on any atom is 0.0571 e. The number of aliphatic hydroxyl groups excluding tert-OH is 1. The van der Waals surface area contributed by atoms with Crippen LogP contribution in [0, 0.1) is 11.8 Å². The molecule has 1 unspecified atom stereocenters. The molecule has 0 radical (unpaired) electrons. The minimum Gasteiger partial charge on any atom is -0.393 e. The summed E-state index contributed by atoms with van der Waals surface area (Å²) >= 11 is 0. The van der Waals surface area contributed by atoms with Crippen LogP contribution < -0.4 is 0 Å². The standard InChI is InChI=1S/C16H28N2O/c1-3-4-13-5-8-15(9-6-13)16(19)10-7-14-11-17-18(2)12-14/h11-13,15-16,19H,3-10H2,1-2H3. The lowest BCUT2D eigenvalue weighted by molar-refractivity contribution is 0.0660. The van der Waals surface area contributed by atoms with Gasteiger partial charge in [-0.2, -0.15) is 5.10 Å². The third-order valence-electron chi connectivity index (χ3n) is 4.62. The van der Waals surface area contributed by atoms with E-state index < -0.39 is 0 Å². The van der Waals surface area contributed by atoms with Gasteiger partial charge in [-0.1, -0.05) is 32.6 Å². The largest absolute Gasteiger partial charge is 0.393 e. The van der Waals surface area contributed by atoms with E-state index in [0.717, 1.165) is 18.8 Å². The number of aromatic nitrogens is 2. The van der Waals surface area contributed by atoms with Crippen molar-refractivity contribution < 1.29 is 5.11 Å². The molecule has 1 saturated carbocycles. The highest BCUT2D eigenvalue weighted by atomic mass is 16.3. The highest BCUT2D eigenvalue weighted by molar-refractivity contribution is 5.03. The van der Waals surface area contributed by atoms with Gasteiger partial charge in [-0.25, -0.2) is 0 Å². The van der Waals surface area contributed by atoms with Crippen molar-refractivity contribution in [3.63, 3.8) is 0 Å². The second kappa shape index (κ2) is 7.09. The van der Waals surface area contributed by atoms with Gasteiger partial charge in [0.25, 0.3) is 0 Å². The first-order chi connectivity index (χ1) is 9.19. The molecule has 1 aliphatic rings. The molecule has 1 aliphatic carbocycles. The molecule has 0 aliphatic heterocycles. The van der Waals surface area contributed by atoms with Crippen molar-refractivity contribution in [3.8, 4) is 0 Å². The normalized spacial score (nSPS) is 25.4. The molecule has 19 heavy (non-hydrogen) atoms. The predicted molar refractivity (Wildman–Crippen MR) is 77.9 cm³/mol. The first-order valence-corrected chi connectivity index (χ1v) is 7.84. The van der Waals surface area contributed by atoms with Crippen LogP contribution >= 0.6 is 0 Å². The van der Waals surface area contributed by atoms with E-state index in [9.17, 15) is 5.11 Å². The molecular weight excluding hydrogens is 236 g/mol. The zero-order valence-electron chi connectivity index (χ0n) is 12.4. The SMILES string of the molecule is CCCC1CCC(C(O)CCc2cnn(C)c2)CC1. The molecule has 1 aromatic heterocycles. The summed E-state index contributed by atoms with van der Waals surface area (Å²) in [5.41, 5.74) is 1.24. The number of aliphatic hydroxyl groups is 1. The summed E-state index contributed by atoms with van der Waals surface area (Å²) in [5.74, 6) is 1.46. The van der Waals surface area contributed by atoms with Gasteiger partial charge in [0.2, 0.25) is 0 Å². The summed E-state index contributed by atoms with van der Waals surface area (Å²) in [6, 6.07) is 0. The molecule has 1 atom stereocenters. The fourth-order valence-corrected chi connectivity index (χ4v) is 3.42. The lowest BCUT2D eigenvalue weighted by Gasteiger charge is -2.31. The third kappa shape index (κ3) is 4.34. The van der Waals surface area contributed by atoms with E-state index in [0.29, 0.717) is 5.92 Å². The molecule has 108 valence electrons. The average Bonchev–Trinajstić information content (AvgIpc) is 2.83. The quantitative estimate of drug-likeness (QED) is 0.856. The van der Waals surface area contributed by atoms with Gasteiger partial charge in [0.1, 0.15) is 0 Å². The molecule has 0 amide bonds. The maximum atomic E-state index is 10.3. The van der Waals surface area contributed by atoms with Crippen LogP contribution in [0.5, 0.6) is 0 Å². The van der Waals surface area contributed by atoms with E-state index in [1.54, 1.807) is 0 Å². The fraction of sp³-hybridized carbons (Fsp3) is 0.812. The van der Waals surface area contributed by atoms with Crippen LogP contribution in [0.1, 0.15) is 57.4 Å². The Morgan fingerprint density at radius 1 is 1.37 bits per heavy atom. The molecule has 0 saturated heterocycles. The molecule has 0 bridgehead atoms. The van der Waals surface area contributed by atoms with Crippen LogP contribution in [-0.4, -0.2) is 21.0 Å². The minimum absolute atomic E-state index is 0.122. The van der Waals surface area contributed by atoms with Crippen LogP contribution in [-0.2, 0) is 13.5 Å². The molecule has 1 N–H and O–H groups in total. The van der Waals surface area contributed by atoms with E-state index in [-0.39, 0.29) is 6.10 Å². The summed E-state index contributed by atoms with van der Waals surface area (Å²) in [6.45, 7) is 2.27. The van der Waals surface area contributed by atoms with Gasteiger partial charge in [0.15, 0.2) is 0 Å². The van der Waals surface area contributed by atoms with Crippen LogP contribution in [0.2, 0.25) is 0 Å². The predicted octanol–water partition coefficient (Wildman–Crippen LogP) is 3.32. The van der Waals surface area contributed by atoms with E-state index >= 15 is 0 Å². The highest BCUT2D eigenvalue weighted by Gasteiger charge is 2.25. The Kier molecular flexibility index (Phi) is 5.44. The Hall–Kier alpha value is -0.830. The molecule has 3 nitrogen and oxygen atoms in total. The monoisotopic (exact) mass is 264 g/mol. The Morgan fingerprint density at radius 3 is 2.68 bits per heavy atom. The molecule has 0 spiro atoms. The Morgan fingerprint density at radius 2 is 2.11 bits per heavy atom. The van der Waals surface area contributed by atoms with Crippen molar-refractivity contribution in [2.45, 2.75) is 64.4 Å². The molecular formula is C16H28N2O. The Bertz CT molecular complexity index is 367. The van der Waals surface area contributed by atoms with Gasteiger partial charge in [-0.05, 0) is 43.1 Å². The summed E-state index contributed by atoms with van der Waals surface area (Å²) in [4.78, 5) is 0. The van der Waals surface area contributed by atoms with Gasteiger partial charge >= 0.3 is 0 Å². The lowest BCUT2D eigenvalue weighted by atomic mass is 9.77. The zero-order valence-corrected chi connectivity index (χ0v) is 12.4. The lowest BCUT2D eigenvalue weighted by Crippen LogP contribution is -2.26. The highest BCUT2D eigenvalue weighted by Crippen LogP contribution is 2.34. The van der Waals surface area contributed by atoms with Gasteiger partial charge in [0, 0.05) is 13.2 Å². The van der Waals surface area contributed by atoms with Crippen molar-refractivity contribution in [2.75, 3.05) is 0 Å². The fourth-order valence-electron chi connectivity index (χ4n) is 3.42. The third-order valence-corrected chi connectivity index (χ3v) is 4.62. The van der Waals surface area contributed by atoms with Gasteiger partial charge in [0.05, 0.1) is 12.3 Å². The van der Waals surface area contributed by atoms with Crippen molar-refractivity contribution in [2.24, 2.45) is 18.9 Å². The second-order valence-electron chi connectivity index (χ2n) is 6.20. The molecule has 1 fully saturated rings. The first-order valence-electron chi connectivity index (χ1n) is 7.84. The van der Waals surface area contributed by atoms with Gasteiger partial charge < -0.3 is 5.11 Å². The number of aryl methyl sites for hydroxylation is 2. The Labute approximate surface area is 117 Å². The maximum absolute atomic E-state index is 10.3. The van der Waals surface area contributed by atoms with Crippen molar-refractivity contribution in [1.29, 1.82) is 0 Å². The van der Waals surface area contributed by atoms with Crippen LogP contribution in [0.4, 0.5) is 0 Å². The molecule has 3 heteroatoms. The van der Waals surface area contributed by atoms with Crippen molar-refractivity contribution in [3.05, 3.63) is 18.0 Å². The summed E-state index contributed by atoms with van der Waals surface area (Å²) < 4.78 is 1.83. The number of hydrogen-bond donors (Lipinski definition) is 1. The van der Waals surface area contributed by atoms with Gasteiger partial charge in [-0.15, -0.1) is 0 Å². The van der Waals surface area contributed by atoms with E-state index in [2.05, 4.69) is 12.0 Å². The molecule has 1 aromatic rings. The molecule has 0 aromatic carbocycles. The summed E-state index contributed by atoms with van der Waals surface area (Å²) in [6.07, 6.45) is 13.4. The summed E-state index contributed by atoms with van der Waals surface area (Å²) in [7, 11) is 1.94. The van der Waals surface area contributed by atoms with E-state index in [1.807, 2.05) is 24.1 Å². The van der Waals surface area contributed by atoms with Crippen molar-refractivity contribution in [1.82, 2.24) is 9.78 Å². The number of hydrogen-bond acceptors (Lipinski definition) is 2. The van der Waals surface area contributed by atoms with Gasteiger partial charge in [-0.3, -0.25) is 4.68 Å². The number of rotatable bonds is 6. The second-order valence-corrected chi connectivity index (χ2v) is 6.20. The summed E-state index contributed by atoms with van der Waals surface area (Å²) in [5, 5.41) is 14.5. The number of nitrogens with zero attached hydrogens (tertiary/aromatic N) is 2. The molecule has 1 heterocycles. The topological polar surface area (TPSA) is 38.1 Å². The minimum atomic E-state index is -0.122. The molecule has 2 rings (SSSR count).